The van der Waals surface area contributed by atoms with Gasteiger partial charge in [0.15, 0.2) is 0 Å². The molecule has 0 spiro atoms. The number of hydrogen-bond acceptors (Lipinski definition) is 5. The summed E-state index contributed by atoms with van der Waals surface area (Å²) in [6.45, 7) is 3.64. The highest BCUT2D eigenvalue weighted by molar-refractivity contribution is 7.17. The van der Waals surface area contributed by atoms with Gasteiger partial charge in [-0.3, -0.25) is 20.4 Å². The van der Waals surface area contributed by atoms with E-state index in [1.54, 1.807) is 23.7 Å². The van der Waals surface area contributed by atoms with Crippen LogP contribution in [-0.4, -0.2) is 26.6 Å². The van der Waals surface area contributed by atoms with Gasteiger partial charge in [0.2, 0.25) is 0 Å². The molecule has 32 heavy (non-hydrogen) atoms. The number of carbonyl (C=O) groups excluding carboxylic acids is 2. The Kier molecular flexibility index (Phi) is 6.09. The average Bonchev–Trinajstić information content (AvgIpc) is 3.42. The number of carbonyl (C=O) groups is 2. The number of nitrogens with zero attached hydrogens (tertiary/aromatic N) is 3. The van der Waals surface area contributed by atoms with E-state index in [1.807, 2.05) is 37.3 Å². The number of aryl methyl sites for hydroxylation is 1. The van der Waals surface area contributed by atoms with Crippen molar-refractivity contribution in [3.8, 4) is 16.3 Å². The Labute approximate surface area is 187 Å². The minimum Gasteiger partial charge on any atom is -0.267 e. The number of rotatable bonds is 5. The summed E-state index contributed by atoms with van der Waals surface area (Å²) < 4.78 is 14.8. The van der Waals surface area contributed by atoms with Crippen molar-refractivity contribution in [3.63, 3.8) is 0 Å². The first-order chi connectivity index (χ1) is 15.5. The molecule has 0 radical (unpaired) electrons. The number of nitrogens with one attached hydrogen (secondary N) is 2. The van der Waals surface area contributed by atoms with E-state index in [-0.39, 0.29) is 5.82 Å². The fourth-order valence-electron chi connectivity index (χ4n) is 3.26. The molecule has 0 saturated carbocycles. The molecule has 0 saturated heterocycles. The van der Waals surface area contributed by atoms with Crippen LogP contribution in [0.5, 0.6) is 0 Å². The first-order valence-corrected chi connectivity index (χ1v) is 10.8. The second-order valence-electron chi connectivity index (χ2n) is 6.95. The lowest BCUT2D eigenvalue weighted by molar-refractivity contribution is 0.0848. The molecule has 2 aromatic heterocycles. The summed E-state index contributed by atoms with van der Waals surface area (Å²) in [7, 11) is 0. The third kappa shape index (κ3) is 4.28. The molecular formula is C23H20FN5O2S. The average molecular weight is 450 g/mol. The Morgan fingerprint density at radius 1 is 1.03 bits per heavy atom. The molecule has 9 heteroatoms. The summed E-state index contributed by atoms with van der Waals surface area (Å²) >= 11 is 1.26. The van der Waals surface area contributed by atoms with Gasteiger partial charge in [-0.15, -0.1) is 11.3 Å². The van der Waals surface area contributed by atoms with Gasteiger partial charge in [-0.05, 0) is 37.6 Å². The summed E-state index contributed by atoms with van der Waals surface area (Å²) in [5, 5.41) is 4.99. The number of hydrogen-bond donors (Lipinski definition) is 2. The maximum atomic E-state index is 13.2. The van der Waals surface area contributed by atoms with Gasteiger partial charge in [0.1, 0.15) is 15.7 Å². The van der Waals surface area contributed by atoms with Gasteiger partial charge in [-0.25, -0.2) is 14.1 Å². The molecule has 0 aliphatic heterocycles. The zero-order valence-electron chi connectivity index (χ0n) is 17.4. The monoisotopic (exact) mass is 449 g/mol. The van der Waals surface area contributed by atoms with Gasteiger partial charge in [-0.2, -0.15) is 5.10 Å². The molecule has 2 amide bonds. The van der Waals surface area contributed by atoms with Gasteiger partial charge in [-0.1, -0.05) is 37.3 Å². The molecule has 162 valence electrons. The van der Waals surface area contributed by atoms with Gasteiger partial charge in [0.05, 0.1) is 28.8 Å². The van der Waals surface area contributed by atoms with Crippen molar-refractivity contribution in [3.05, 3.63) is 88.4 Å². The third-order valence-electron chi connectivity index (χ3n) is 4.83. The molecular weight excluding hydrogens is 429 g/mol. The molecule has 4 aromatic rings. The number of hydrazine groups is 1. The van der Waals surface area contributed by atoms with Crippen LogP contribution in [0.3, 0.4) is 0 Å². The predicted octanol–water partition coefficient (Wildman–Crippen LogP) is 4.08. The van der Waals surface area contributed by atoms with E-state index in [0.717, 1.165) is 10.6 Å². The van der Waals surface area contributed by atoms with Crippen molar-refractivity contribution >= 4 is 23.2 Å². The van der Waals surface area contributed by atoms with Crippen molar-refractivity contribution < 1.29 is 14.0 Å². The smallest absolute Gasteiger partial charge is 0.267 e. The molecule has 7 nitrogen and oxygen atoms in total. The zero-order valence-corrected chi connectivity index (χ0v) is 18.2. The van der Waals surface area contributed by atoms with Crippen LogP contribution in [0.2, 0.25) is 0 Å². The highest BCUT2D eigenvalue weighted by Gasteiger charge is 2.20. The lowest BCUT2D eigenvalue weighted by Gasteiger charge is -2.09. The minimum atomic E-state index is -0.492. The Morgan fingerprint density at radius 3 is 2.41 bits per heavy atom. The highest BCUT2D eigenvalue weighted by Crippen LogP contribution is 2.27. The van der Waals surface area contributed by atoms with E-state index in [2.05, 4.69) is 20.9 Å². The molecule has 0 atom stereocenters. The van der Waals surface area contributed by atoms with E-state index in [1.165, 1.54) is 29.7 Å². The maximum absolute atomic E-state index is 13.2. The molecule has 4 rings (SSSR count). The quantitative estimate of drug-likeness (QED) is 0.450. The van der Waals surface area contributed by atoms with Gasteiger partial charge < -0.3 is 0 Å². The molecule has 2 heterocycles. The molecule has 0 aliphatic carbocycles. The van der Waals surface area contributed by atoms with Crippen LogP contribution in [0.25, 0.3) is 16.3 Å². The van der Waals surface area contributed by atoms with Gasteiger partial charge >= 0.3 is 0 Å². The van der Waals surface area contributed by atoms with Crippen molar-refractivity contribution in [1.29, 1.82) is 0 Å². The number of aromatic nitrogens is 3. The van der Waals surface area contributed by atoms with Crippen molar-refractivity contribution in [2.45, 2.75) is 20.3 Å². The van der Waals surface area contributed by atoms with Crippen molar-refractivity contribution in [2.24, 2.45) is 0 Å². The van der Waals surface area contributed by atoms with Crippen LogP contribution >= 0.6 is 11.3 Å². The molecule has 2 aromatic carbocycles. The molecule has 0 fully saturated rings. The summed E-state index contributed by atoms with van der Waals surface area (Å²) in [6, 6.07) is 15.4. The summed E-state index contributed by atoms with van der Waals surface area (Å²) in [4.78, 5) is 30.2. The Balaban J connectivity index is 1.48. The second-order valence-corrected chi connectivity index (χ2v) is 7.95. The molecule has 0 aliphatic rings. The van der Waals surface area contributed by atoms with Crippen LogP contribution < -0.4 is 10.9 Å². The zero-order chi connectivity index (χ0) is 22.7. The van der Waals surface area contributed by atoms with Gasteiger partial charge in [0, 0.05) is 5.56 Å². The van der Waals surface area contributed by atoms with E-state index in [9.17, 15) is 14.0 Å². The van der Waals surface area contributed by atoms with E-state index in [0.29, 0.717) is 33.9 Å². The van der Waals surface area contributed by atoms with E-state index < -0.39 is 11.8 Å². The fourth-order valence-corrected chi connectivity index (χ4v) is 4.22. The van der Waals surface area contributed by atoms with Crippen LogP contribution in [0, 0.1) is 12.7 Å². The highest BCUT2D eigenvalue weighted by atomic mass is 32.1. The van der Waals surface area contributed by atoms with Crippen LogP contribution in [-0.2, 0) is 6.42 Å². The summed E-state index contributed by atoms with van der Waals surface area (Å²) in [5.74, 6) is -1.29. The largest absolute Gasteiger partial charge is 0.281 e. The topological polar surface area (TPSA) is 88.9 Å². The fraction of sp³-hybridized carbons (Fsp3) is 0.130. The Morgan fingerprint density at radius 2 is 1.72 bits per heavy atom. The molecule has 0 unspecified atom stereocenters. The van der Waals surface area contributed by atoms with Crippen molar-refractivity contribution in [1.82, 2.24) is 25.6 Å². The number of amides is 2. The summed E-state index contributed by atoms with van der Waals surface area (Å²) in [5.41, 5.74) is 8.01. The lowest BCUT2D eigenvalue weighted by Crippen LogP contribution is -2.41. The SMILES string of the molecule is CCc1c(C(=O)NNC(=O)c2sc(-c3ccccc3)nc2C)cnn1-c1ccc(F)cc1. The number of thiazole rings is 1. The Bertz CT molecular complexity index is 1270. The normalized spacial score (nSPS) is 10.7. The lowest BCUT2D eigenvalue weighted by atomic mass is 10.2. The second kappa shape index (κ2) is 9.11. The van der Waals surface area contributed by atoms with Crippen LogP contribution in [0.15, 0.2) is 60.8 Å². The van der Waals surface area contributed by atoms with E-state index >= 15 is 0 Å². The van der Waals surface area contributed by atoms with Crippen LogP contribution in [0.4, 0.5) is 4.39 Å². The maximum Gasteiger partial charge on any atom is 0.281 e. The summed E-state index contributed by atoms with van der Waals surface area (Å²) in [6.07, 6.45) is 1.94. The van der Waals surface area contributed by atoms with E-state index in [4.69, 9.17) is 0 Å². The predicted molar refractivity (Wildman–Crippen MR) is 120 cm³/mol. The molecule has 0 bridgehead atoms. The first-order valence-electron chi connectivity index (χ1n) is 9.94. The Hall–Kier alpha value is -3.85. The minimum absolute atomic E-state index is 0.322. The number of halogens is 1. The molecule has 2 N–H and O–H groups in total. The standard InChI is InChI=1S/C23H20FN5O2S/c1-3-19-18(13-25-29(19)17-11-9-16(24)10-12-17)21(30)27-28-22(31)20-14(2)26-23(32-20)15-7-5-4-6-8-15/h4-13H,3H2,1-2H3,(H,27,30)(H,28,31). The third-order valence-corrected chi connectivity index (χ3v) is 6.04. The van der Waals surface area contributed by atoms with Gasteiger partial charge in [0.25, 0.3) is 11.8 Å². The first kappa shape index (κ1) is 21.4. The number of benzene rings is 2. The van der Waals surface area contributed by atoms with Crippen molar-refractivity contribution in [2.75, 3.05) is 0 Å². The van der Waals surface area contributed by atoms with Crippen LogP contribution in [0.1, 0.15) is 38.3 Å².